The maximum absolute atomic E-state index is 12.8. The minimum absolute atomic E-state index is 0.00281. The summed E-state index contributed by atoms with van der Waals surface area (Å²) in [7, 11) is 0. The molecule has 1 heterocycles. The van der Waals surface area contributed by atoms with Gasteiger partial charge in [0.15, 0.2) is 0 Å². The third kappa shape index (κ3) is 7.60. The average Bonchev–Trinajstić information content (AvgIpc) is 3.51. The Bertz CT molecular complexity index is 1790. The number of amides is 2. The summed E-state index contributed by atoms with van der Waals surface area (Å²) in [4.78, 5) is 50.0. The number of aromatic nitrogens is 2. The smallest absolute Gasteiger partial charge is 0.343 e. The first kappa shape index (κ1) is 28.5. The highest BCUT2D eigenvalue weighted by Gasteiger charge is 2.17. The summed E-state index contributed by atoms with van der Waals surface area (Å²) in [5.74, 6) is -3.24. The summed E-state index contributed by atoms with van der Waals surface area (Å²) in [5.41, 5.74) is 3.81. The van der Waals surface area contributed by atoms with Crippen LogP contribution in [0.4, 0.5) is 5.13 Å². The molecule has 0 atom stereocenters. The highest BCUT2D eigenvalue weighted by molar-refractivity contribution is 7.18. The number of carbonyl (C=O) groups is 4. The number of hydrogen-bond donors (Lipinski definition) is 2. The molecule has 0 saturated heterocycles. The van der Waals surface area contributed by atoms with Gasteiger partial charge in [0.25, 0.3) is 0 Å². The molecule has 0 unspecified atom stereocenters. The van der Waals surface area contributed by atoms with Crippen molar-refractivity contribution in [1.29, 1.82) is 0 Å². The number of nitrogens with zero attached hydrogens (tertiary/aromatic N) is 3. The molecule has 212 valence electrons. The molecule has 43 heavy (non-hydrogen) atoms. The number of anilines is 1. The third-order valence-corrected chi connectivity index (χ3v) is 6.55. The van der Waals surface area contributed by atoms with E-state index in [0.717, 1.165) is 16.9 Å². The number of nitrogens with one attached hydrogen (secondary N) is 2. The molecule has 5 aromatic rings. The first-order chi connectivity index (χ1) is 21.0. The molecular formula is C31H21N5O6S. The van der Waals surface area contributed by atoms with E-state index in [4.69, 9.17) is 9.47 Å². The predicted octanol–water partition coefficient (Wildman–Crippen LogP) is 4.73. The first-order valence-corrected chi connectivity index (χ1v) is 13.5. The Balaban J connectivity index is 1.27. The molecule has 0 bridgehead atoms. The van der Waals surface area contributed by atoms with Crippen LogP contribution in [0.25, 0.3) is 10.6 Å². The minimum atomic E-state index is -1.07. The molecule has 0 fully saturated rings. The average molecular weight is 592 g/mol. The molecule has 0 aliphatic rings. The van der Waals surface area contributed by atoms with E-state index < -0.39 is 23.8 Å². The molecule has 5 rings (SSSR count). The van der Waals surface area contributed by atoms with Gasteiger partial charge in [-0.15, -0.1) is 10.2 Å². The van der Waals surface area contributed by atoms with Crippen molar-refractivity contribution in [2.75, 3.05) is 5.32 Å². The van der Waals surface area contributed by atoms with E-state index in [1.54, 1.807) is 60.7 Å². The van der Waals surface area contributed by atoms with E-state index in [-0.39, 0.29) is 27.8 Å². The van der Waals surface area contributed by atoms with E-state index in [0.29, 0.717) is 10.6 Å². The Morgan fingerprint density at radius 1 is 0.698 bits per heavy atom. The number of rotatable bonds is 8. The van der Waals surface area contributed by atoms with Gasteiger partial charge in [-0.1, -0.05) is 78.1 Å². The molecule has 0 spiro atoms. The van der Waals surface area contributed by atoms with Crippen LogP contribution in [0.15, 0.2) is 114 Å². The van der Waals surface area contributed by atoms with Gasteiger partial charge in [-0.3, -0.25) is 14.9 Å². The molecule has 0 aliphatic heterocycles. The van der Waals surface area contributed by atoms with Gasteiger partial charge >= 0.3 is 23.8 Å². The molecular weight excluding hydrogens is 570 g/mol. The van der Waals surface area contributed by atoms with Crippen LogP contribution in [-0.4, -0.2) is 40.2 Å². The number of hydrazone groups is 1. The number of hydrogen-bond acceptors (Lipinski definition) is 10. The number of benzene rings is 4. The maximum Gasteiger partial charge on any atom is 0.343 e. The van der Waals surface area contributed by atoms with Gasteiger partial charge in [0.05, 0.1) is 17.3 Å². The molecule has 2 N–H and O–H groups in total. The lowest BCUT2D eigenvalue weighted by Gasteiger charge is -2.10. The SMILES string of the molecule is O=C(N/N=C\c1ccc(OC(=O)c2ccccc2)cc1OC(=O)c1ccccc1)C(=O)Nc1nnc(-c2ccccc2)s1. The van der Waals surface area contributed by atoms with Crippen molar-refractivity contribution in [3.8, 4) is 22.1 Å². The lowest BCUT2D eigenvalue weighted by Crippen LogP contribution is -2.32. The molecule has 11 nitrogen and oxygen atoms in total. The van der Waals surface area contributed by atoms with Gasteiger partial charge < -0.3 is 9.47 Å². The Morgan fingerprint density at radius 3 is 1.95 bits per heavy atom. The fourth-order valence-corrected chi connectivity index (χ4v) is 4.33. The molecule has 1 aromatic heterocycles. The van der Waals surface area contributed by atoms with Crippen molar-refractivity contribution in [1.82, 2.24) is 15.6 Å². The van der Waals surface area contributed by atoms with Crippen molar-refractivity contribution in [3.63, 3.8) is 0 Å². The highest BCUT2D eigenvalue weighted by atomic mass is 32.1. The summed E-state index contributed by atoms with van der Waals surface area (Å²) in [5, 5.41) is 14.8. The van der Waals surface area contributed by atoms with Crippen LogP contribution in [0.1, 0.15) is 26.3 Å². The van der Waals surface area contributed by atoms with Gasteiger partial charge in [0, 0.05) is 17.2 Å². The lowest BCUT2D eigenvalue weighted by molar-refractivity contribution is -0.136. The zero-order chi connectivity index (χ0) is 30.0. The summed E-state index contributed by atoms with van der Waals surface area (Å²) in [6.45, 7) is 0. The van der Waals surface area contributed by atoms with E-state index in [1.807, 2.05) is 30.3 Å². The number of carbonyl (C=O) groups excluding carboxylic acids is 4. The van der Waals surface area contributed by atoms with Gasteiger partial charge in [-0.05, 0) is 36.4 Å². The lowest BCUT2D eigenvalue weighted by atomic mass is 10.2. The van der Waals surface area contributed by atoms with Crippen molar-refractivity contribution in [2.24, 2.45) is 5.10 Å². The fraction of sp³-hybridized carbons (Fsp3) is 0. The van der Waals surface area contributed by atoms with Crippen LogP contribution in [0.5, 0.6) is 11.5 Å². The normalized spacial score (nSPS) is 10.6. The van der Waals surface area contributed by atoms with Crippen LogP contribution in [0.3, 0.4) is 0 Å². The Labute approximate surface area is 248 Å². The quantitative estimate of drug-likeness (QED) is 0.0865. The van der Waals surface area contributed by atoms with Gasteiger partial charge in [0.2, 0.25) is 5.13 Å². The van der Waals surface area contributed by atoms with Crippen molar-refractivity contribution >= 4 is 46.4 Å². The fourth-order valence-electron chi connectivity index (χ4n) is 3.58. The maximum atomic E-state index is 12.8. The second-order valence-electron chi connectivity index (χ2n) is 8.64. The second kappa shape index (κ2) is 13.6. The highest BCUT2D eigenvalue weighted by Crippen LogP contribution is 2.27. The number of ether oxygens (including phenoxy) is 2. The van der Waals surface area contributed by atoms with Gasteiger partial charge in [-0.2, -0.15) is 5.10 Å². The molecule has 0 saturated carbocycles. The molecule has 4 aromatic carbocycles. The third-order valence-electron chi connectivity index (χ3n) is 5.66. The van der Waals surface area contributed by atoms with Crippen LogP contribution >= 0.6 is 11.3 Å². The van der Waals surface area contributed by atoms with E-state index in [9.17, 15) is 19.2 Å². The second-order valence-corrected chi connectivity index (χ2v) is 9.62. The van der Waals surface area contributed by atoms with Crippen molar-refractivity contribution in [3.05, 3.63) is 126 Å². The van der Waals surface area contributed by atoms with E-state index in [1.165, 1.54) is 24.4 Å². The van der Waals surface area contributed by atoms with Gasteiger partial charge in [0.1, 0.15) is 16.5 Å². The molecule has 0 aliphatic carbocycles. The standard InChI is InChI=1S/C31H21N5O6S/c37-26(33-31-36-35-28(43-31)20-10-4-1-5-11-20)27(38)34-32-19-23-16-17-24(41-29(39)21-12-6-2-7-13-21)18-25(23)42-30(40)22-14-8-3-9-15-22/h1-19H,(H,34,38)(H,33,36,37)/b32-19-. The van der Waals surface area contributed by atoms with E-state index in [2.05, 4.69) is 26.0 Å². The summed E-state index contributed by atoms with van der Waals surface area (Å²) < 4.78 is 11.0. The Kier molecular flexibility index (Phi) is 9.00. The van der Waals surface area contributed by atoms with Gasteiger partial charge in [-0.25, -0.2) is 15.0 Å². The molecule has 12 heteroatoms. The zero-order valence-corrected chi connectivity index (χ0v) is 23.0. The largest absolute Gasteiger partial charge is 0.423 e. The van der Waals surface area contributed by atoms with Crippen molar-refractivity contribution in [2.45, 2.75) is 0 Å². The van der Waals surface area contributed by atoms with E-state index >= 15 is 0 Å². The first-order valence-electron chi connectivity index (χ1n) is 12.7. The monoisotopic (exact) mass is 591 g/mol. The summed E-state index contributed by atoms with van der Waals surface area (Å²) in [6, 6.07) is 30.2. The predicted molar refractivity (Wildman–Crippen MR) is 159 cm³/mol. The molecule has 0 radical (unpaired) electrons. The Hall–Kier alpha value is -6.01. The number of esters is 2. The minimum Gasteiger partial charge on any atom is -0.423 e. The topological polar surface area (TPSA) is 149 Å². The van der Waals surface area contributed by atoms with Crippen LogP contribution < -0.4 is 20.2 Å². The zero-order valence-electron chi connectivity index (χ0n) is 22.2. The summed E-state index contributed by atoms with van der Waals surface area (Å²) >= 11 is 1.11. The van der Waals surface area contributed by atoms with Crippen LogP contribution in [0, 0.1) is 0 Å². The summed E-state index contributed by atoms with van der Waals surface area (Å²) in [6.07, 6.45) is 1.18. The molecule has 2 amide bonds. The Morgan fingerprint density at radius 2 is 1.30 bits per heavy atom. The van der Waals surface area contributed by atoms with Crippen LogP contribution in [0.2, 0.25) is 0 Å². The van der Waals surface area contributed by atoms with Crippen molar-refractivity contribution < 1.29 is 28.7 Å². The van der Waals surface area contributed by atoms with Crippen LogP contribution in [-0.2, 0) is 9.59 Å².